The lowest BCUT2D eigenvalue weighted by Crippen LogP contribution is -2.46. The number of fused-ring (bicyclic) bond motifs is 1. The SMILES string of the molecule is Cc1ccc2c(c1)CCOC2CCN1CCN(C2=CCC=C(S(N)(=O)=O)C=C2)CC1. The largest absolute Gasteiger partial charge is 0.373 e. The number of nitrogens with zero attached hydrogens (tertiary/aromatic N) is 2. The Morgan fingerprint density at radius 2 is 1.93 bits per heavy atom. The molecule has 2 heterocycles. The Labute approximate surface area is 179 Å². The normalized spacial score (nSPS) is 22.9. The number of nitrogens with two attached hydrogens (primary N) is 1. The van der Waals surface area contributed by atoms with Crippen molar-refractivity contribution in [2.45, 2.75) is 32.3 Å². The van der Waals surface area contributed by atoms with E-state index in [4.69, 9.17) is 9.88 Å². The molecule has 0 radical (unpaired) electrons. The van der Waals surface area contributed by atoms with Gasteiger partial charge in [-0.15, -0.1) is 0 Å². The molecule has 4 rings (SSSR count). The Morgan fingerprint density at radius 1 is 1.13 bits per heavy atom. The molecule has 1 aliphatic carbocycles. The molecule has 6 nitrogen and oxygen atoms in total. The van der Waals surface area contributed by atoms with Crippen LogP contribution in [0.15, 0.2) is 53.1 Å². The zero-order chi connectivity index (χ0) is 21.1. The van der Waals surface area contributed by atoms with Gasteiger partial charge in [-0.05, 0) is 49.5 Å². The minimum Gasteiger partial charge on any atom is -0.373 e. The molecule has 0 saturated carbocycles. The monoisotopic (exact) mass is 429 g/mol. The summed E-state index contributed by atoms with van der Waals surface area (Å²) in [5.74, 6) is 0. The van der Waals surface area contributed by atoms with Gasteiger partial charge in [0.1, 0.15) is 0 Å². The van der Waals surface area contributed by atoms with Crippen molar-refractivity contribution in [2.24, 2.45) is 5.14 Å². The summed E-state index contributed by atoms with van der Waals surface area (Å²) in [5.41, 5.74) is 5.19. The fourth-order valence-corrected chi connectivity index (χ4v) is 5.07. The molecule has 1 unspecified atom stereocenters. The van der Waals surface area contributed by atoms with Gasteiger partial charge in [-0.25, -0.2) is 13.6 Å². The first-order valence-electron chi connectivity index (χ1n) is 10.7. The highest BCUT2D eigenvalue weighted by Gasteiger charge is 2.24. The number of rotatable bonds is 5. The van der Waals surface area contributed by atoms with E-state index in [1.54, 1.807) is 12.2 Å². The maximum Gasteiger partial charge on any atom is 0.237 e. The number of sulfonamides is 1. The van der Waals surface area contributed by atoms with E-state index >= 15 is 0 Å². The van der Waals surface area contributed by atoms with Gasteiger partial charge in [-0.2, -0.15) is 0 Å². The zero-order valence-corrected chi connectivity index (χ0v) is 18.4. The zero-order valence-electron chi connectivity index (χ0n) is 17.6. The highest BCUT2D eigenvalue weighted by atomic mass is 32.2. The Morgan fingerprint density at radius 3 is 2.70 bits per heavy atom. The van der Waals surface area contributed by atoms with Crippen LogP contribution in [-0.4, -0.2) is 57.5 Å². The number of benzene rings is 1. The third kappa shape index (κ3) is 5.03. The second-order valence-electron chi connectivity index (χ2n) is 8.28. The number of hydrogen-bond acceptors (Lipinski definition) is 5. The number of ether oxygens (including phenoxy) is 1. The summed E-state index contributed by atoms with van der Waals surface area (Å²) >= 11 is 0. The van der Waals surface area contributed by atoms with E-state index in [2.05, 4.69) is 41.0 Å². The molecule has 3 aliphatic rings. The van der Waals surface area contributed by atoms with E-state index in [0.29, 0.717) is 6.42 Å². The molecular weight excluding hydrogens is 398 g/mol. The second kappa shape index (κ2) is 9.06. The van der Waals surface area contributed by atoms with Gasteiger partial charge < -0.3 is 9.64 Å². The standard InChI is InChI=1S/C23H31N3O3S/c1-18-5-8-22-19(17-18)10-16-29-23(22)9-11-25-12-14-26(15-13-25)20-3-2-4-21(7-6-20)30(24,27)28/h3-8,17,23H,2,9-16H2,1H3,(H2,24,27,28). The lowest BCUT2D eigenvalue weighted by Gasteiger charge is -2.37. The summed E-state index contributed by atoms with van der Waals surface area (Å²) < 4.78 is 29.2. The van der Waals surface area contributed by atoms with Crippen LogP contribution in [0.2, 0.25) is 0 Å². The van der Waals surface area contributed by atoms with Crippen molar-refractivity contribution in [2.75, 3.05) is 39.3 Å². The Kier molecular flexibility index (Phi) is 6.43. The fraction of sp³-hybridized carbons (Fsp3) is 0.478. The summed E-state index contributed by atoms with van der Waals surface area (Å²) in [7, 11) is -3.65. The molecule has 1 fully saturated rings. The molecule has 1 atom stereocenters. The highest BCUT2D eigenvalue weighted by Crippen LogP contribution is 2.30. The van der Waals surface area contributed by atoms with Crippen LogP contribution in [0.5, 0.6) is 0 Å². The molecule has 162 valence electrons. The topological polar surface area (TPSA) is 75.9 Å². The highest BCUT2D eigenvalue weighted by molar-refractivity contribution is 7.93. The third-order valence-electron chi connectivity index (χ3n) is 6.17. The van der Waals surface area contributed by atoms with Gasteiger partial charge in [-0.1, -0.05) is 35.9 Å². The first-order valence-corrected chi connectivity index (χ1v) is 12.2. The van der Waals surface area contributed by atoms with E-state index < -0.39 is 10.0 Å². The van der Waals surface area contributed by atoms with E-state index in [0.717, 1.165) is 57.9 Å². The molecule has 1 aromatic rings. The minimum atomic E-state index is -3.65. The molecule has 2 aliphatic heterocycles. The summed E-state index contributed by atoms with van der Waals surface area (Å²) in [6.45, 7) is 7.84. The number of aryl methyl sites for hydroxylation is 1. The van der Waals surface area contributed by atoms with Crippen LogP contribution >= 0.6 is 0 Å². The number of hydrogen-bond donors (Lipinski definition) is 1. The predicted octanol–water partition coefficient (Wildman–Crippen LogP) is 2.63. The molecule has 7 heteroatoms. The summed E-state index contributed by atoms with van der Waals surface area (Å²) in [6.07, 6.45) is 10.0. The number of piperazine rings is 1. The van der Waals surface area contributed by atoms with Gasteiger partial charge >= 0.3 is 0 Å². The van der Waals surface area contributed by atoms with Gasteiger partial charge in [0.15, 0.2) is 0 Å². The Balaban J connectivity index is 1.29. The van der Waals surface area contributed by atoms with Gasteiger partial charge in [0.25, 0.3) is 0 Å². The molecule has 0 bridgehead atoms. The molecule has 30 heavy (non-hydrogen) atoms. The molecule has 0 spiro atoms. The average molecular weight is 430 g/mol. The Bertz CT molecular complexity index is 973. The third-order valence-corrected chi connectivity index (χ3v) is 7.13. The van der Waals surface area contributed by atoms with Crippen molar-refractivity contribution >= 4 is 10.0 Å². The van der Waals surface area contributed by atoms with Crippen molar-refractivity contribution in [1.29, 1.82) is 0 Å². The van der Waals surface area contributed by atoms with Crippen LogP contribution in [0.3, 0.4) is 0 Å². The predicted molar refractivity (Wildman–Crippen MR) is 119 cm³/mol. The second-order valence-corrected chi connectivity index (χ2v) is 9.84. The smallest absolute Gasteiger partial charge is 0.237 e. The van der Waals surface area contributed by atoms with Crippen LogP contribution in [0.1, 0.15) is 35.6 Å². The van der Waals surface area contributed by atoms with Crippen molar-refractivity contribution < 1.29 is 13.2 Å². The van der Waals surface area contributed by atoms with Gasteiger partial charge in [-0.3, -0.25) is 4.90 Å². The average Bonchev–Trinajstić information content (AvgIpc) is 2.99. The van der Waals surface area contributed by atoms with Crippen molar-refractivity contribution in [3.63, 3.8) is 0 Å². The van der Waals surface area contributed by atoms with E-state index in [1.165, 1.54) is 16.7 Å². The number of primary sulfonamides is 1. The van der Waals surface area contributed by atoms with Gasteiger partial charge in [0.2, 0.25) is 10.0 Å². The van der Waals surface area contributed by atoms with Crippen LogP contribution in [-0.2, 0) is 21.2 Å². The molecule has 1 saturated heterocycles. The van der Waals surface area contributed by atoms with Crippen LogP contribution in [0, 0.1) is 6.92 Å². The van der Waals surface area contributed by atoms with Crippen molar-refractivity contribution in [3.8, 4) is 0 Å². The van der Waals surface area contributed by atoms with Crippen molar-refractivity contribution in [1.82, 2.24) is 9.80 Å². The molecular formula is C23H31N3O3S. The summed E-state index contributed by atoms with van der Waals surface area (Å²) in [5, 5.41) is 5.25. The Hall–Kier alpha value is -1.93. The number of allylic oxidation sites excluding steroid dienone is 4. The molecule has 0 amide bonds. The minimum absolute atomic E-state index is 0.190. The van der Waals surface area contributed by atoms with Crippen LogP contribution in [0.25, 0.3) is 0 Å². The maximum atomic E-state index is 11.6. The van der Waals surface area contributed by atoms with Gasteiger partial charge in [0, 0.05) is 38.4 Å². The summed E-state index contributed by atoms with van der Waals surface area (Å²) in [6, 6.07) is 6.72. The van der Waals surface area contributed by atoms with Gasteiger partial charge in [0.05, 0.1) is 17.6 Å². The lowest BCUT2D eigenvalue weighted by molar-refractivity contribution is 0.0260. The van der Waals surface area contributed by atoms with Crippen molar-refractivity contribution in [3.05, 3.63) is 69.8 Å². The van der Waals surface area contributed by atoms with Crippen LogP contribution < -0.4 is 5.14 Å². The van der Waals surface area contributed by atoms with E-state index in [1.807, 2.05) is 6.08 Å². The first kappa shape index (κ1) is 21.3. The van der Waals surface area contributed by atoms with Crippen LogP contribution in [0.4, 0.5) is 0 Å². The summed E-state index contributed by atoms with van der Waals surface area (Å²) in [4.78, 5) is 5.01. The fourth-order valence-electron chi connectivity index (χ4n) is 4.48. The molecule has 2 N–H and O–H groups in total. The lowest BCUT2D eigenvalue weighted by atomic mass is 9.94. The van der Waals surface area contributed by atoms with E-state index in [9.17, 15) is 8.42 Å². The van der Waals surface area contributed by atoms with E-state index in [-0.39, 0.29) is 11.0 Å². The quantitative estimate of drug-likeness (QED) is 0.779. The molecule has 1 aromatic carbocycles. The first-order chi connectivity index (χ1) is 14.4. The molecule has 0 aromatic heterocycles. The maximum absolute atomic E-state index is 11.6.